The van der Waals surface area contributed by atoms with Gasteiger partial charge in [0.05, 0.1) is 19.4 Å². The molecule has 0 bridgehead atoms. The maximum Gasteiger partial charge on any atom is 0.358 e. The number of aromatic nitrogens is 2. The molecule has 1 heterocycles. The van der Waals surface area contributed by atoms with E-state index in [9.17, 15) is 4.79 Å². The zero-order valence-corrected chi connectivity index (χ0v) is 11.8. The normalized spacial score (nSPS) is 10.6. The summed E-state index contributed by atoms with van der Waals surface area (Å²) in [4.78, 5) is 11.4. The molecule has 5 heteroatoms. The maximum atomic E-state index is 11.4. The van der Waals surface area contributed by atoms with Gasteiger partial charge < -0.3 is 9.47 Å². The number of aromatic amines is 1. The first-order chi connectivity index (χ1) is 9.60. The van der Waals surface area contributed by atoms with Gasteiger partial charge in [0.1, 0.15) is 5.75 Å². The lowest BCUT2D eigenvalue weighted by Crippen LogP contribution is -2.04. The Kier molecular flexibility index (Phi) is 4.40. The van der Waals surface area contributed by atoms with Crippen LogP contribution in [0.15, 0.2) is 30.3 Å². The van der Waals surface area contributed by atoms with Crippen molar-refractivity contribution in [2.24, 2.45) is 5.92 Å². The minimum absolute atomic E-state index is 0.260. The predicted octanol–water partition coefficient (Wildman–Crippen LogP) is 2.90. The Morgan fingerprint density at radius 2 is 2.15 bits per heavy atom. The fourth-order valence-corrected chi connectivity index (χ4v) is 1.70. The second kappa shape index (κ2) is 6.23. The lowest BCUT2D eigenvalue weighted by molar-refractivity contribution is 0.0594. The molecule has 20 heavy (non-hydrogen) atoms. The number of benzene rings is 1. The molecular weight excluding hydrogens is 256 g/mol. The van der Waals surface area contributed by atoms with Gasteiger partial charge in [0, 0.05) is 5.56 Å². The van der Waals surface area contributed by atoms with Crippen LogP contribution in [0.5, 0.6) is 5.75 Å². The van der Waals surface area contributed by atoms with Gasteiger partial charge in [-0.05, 0) is 24.1 Å². The first kappa shape index (κ1) is 14.1. The van der Waals surface area contributed by atoms with E-state index in [2.05, 4.69) is 28.8 Å². The number of hydrogen-bond acceptors (Lipinski definition) is 4. The van der Waals surface area contributed by atoms with Crippen LogP contribution in [0.25, 0.3) is 11.3 Å². The average molecular weight is 274 g/mol. The van der Waals surface area contributed by atoms with Gasteiger partial charge in [0.25, 0.3) is 0 Å². The Morgan fingerprint density at radius 3 is 2.85 bits per heavy atom. The molecule has 0 atom stereocenters. The smallest absolute Gasteiger partial charge is 0.358 e. The summed E-state index contributed by atoms with van der Waals surface area (Å²) in [5, 5.41) is 6.75. The molecule has 5 nitrogen and oxygen atoms in total. The Balaban J connectivity index is 2.18. The number of rotatable bonds is 5. The van der Waals surface area contributed by atoms with E-state index in [1.54, 1.807) is 6.07 Å². The largest absolute Gasteiger partial charge is 0.493 e. The monoisotopic (exact) mass is 274 g/mol. The van der Waals surface area contributed by atoms with Crippen molar-refractivity contribution in [2.75, 3.05) is 13.7 Å². The summed E-state index contributed by atoms with van der Waals surface area (Å²) in [6.07, 6.45) is 0. The van der Waals surface area contributed by atoms with Crippen molar-refractivity contribution in [1.82, 2.24) is 10.2 Å². The first-order valence-corrected chi connectivity index (χ1v) is 6.47. The molecule has 1 aromatic carbocycles. The van der Waals surface area contributed by atoms with Crippen LogP contribution in [0.2, 0.25) is 0 Å². The number of nitrogens with zero attached hydrogens (tertiary/aromatic N) is 1. The maximum absolute atomic E-state index is 11.4. The molecule has 0 aliphatic heterocycles. The van der Waals surface area contributed by atoms with Gasteiger partial charge in [-0.25, -0.2) is 4.79 Å². The van der Waals surface area contributed by atoms with Crippen LogP contribution in [-0.2, 0) is 4.74 Å². The van der Waals surface area contributed by atoms with E-state index in [4.69, 9.17) is 4.74 Å². The second-order valence-electron chi connectivity index (χ2n) is 4.89. The van der Waals surface area contributed by atoms with Crippen molar-refractivity contribution in [3.05, 3.63) is 36.0 Å². The molecule has 0 saturated carbocycles. The molecule has 0 unspecified atom stereocenters. The van der Waals surface area contributed by atoms with Crippen molar-refractivity contribution in [1.29, 1.82) is 0 Å². The van der Waals surface area contributed by atoms with E-state index < -0.39 is 5.97 Å². The van der Waals surface area contributed by atoms with Crippen LogP contribution >= 0.6 is 0 Å². The highest BCUT2D eigenvalue weighted by molar-refractivity contribution is 5.88. The van der Waals surface area contributed by atoms with Gasteiger partial charge in [-0.2, -0.15) is 5.10 Å². The minimum Gasteiger partial charge on any atom is -0.493 e. The third-order valence-electron chi connectivity index (χ3n) is 2.70. The summed E-state index contributed by atoms with van der Waals surface area (Å²) < 4.78 is 10.3. The summed E-state index contributed by atoms with van der Waals surface area (Å²) in [5.74, 6) is 0.807. The standard InChI is InChI=1S/C15H18N2O3/c1-10(2)9-20-12-6-4-5-11(7-12)13-8-14(17-16-13)15(18)19-3/h4-8,10H,9H2,1-3H3,(H,16,17). The average Bonchev–Trinajstić information content (AvgIpc) is 2.94. The molecule has 0 amide bonds. The van der Waals surface area contributed by atoms with Crippen LogP contribution < -0.4 is 4.74 Å². The Morgan fingerprint density at radius 1 is 1.35 bits per heavy atom. The number of H-pyrrole nitrogens is 1. The summed E-state index contributed by atoms with van der Waals surface area (Å²) in [7, 11) is 1.33. The van der Waals surface area contributed by atoms with Crippen molar-refractivity contribution in [3.63, 3.8) is 0 Å². The number of hydrogen-bond donors (Lipinski definition) is 1. The van der Waals surface area contributed by atoms with Crippen molar-refractivity contribution >= 4 is 5.97 Å². The van der Waals surface area contributed by atoms with E-state index in [0.29, 0.717) is 12.5 Å². The number of carbonyl (C=O) groups is 1. The molecule has 0 aliphatic carbocycles. The van der Waals surface area contributed by atoms with Crippen molar-refractivity contribution in [3.8, 4) is 17.0 Å². The number of esters is 1. The number of carbonyl (C=O) groups excluding carboxylic acids is 1. The lowest BCUT2D eigenvalue weighted by Gasteiger charge is -2.09. The zero-order chi connectivity index (χ0) is 14.5. The topological polar surface area (TPSA) is 64.2 Å². The SMILES string of the molecule is COC(=O)c1cc(-c2cccc(OCC(C)C)c2)[nH]n1. The Hall–Kier alpha value is -2.30. The van der Waals surface area contributed by atoms with E-state index in [-0.39, 0.29) is 5.69 Å². The second-order valence-corrected chi connectivity index (χ2v) is 4.89. The zero-order valence-electron chi connectivity index (χ0n) is 11.8. The predicted molar refractivity (Wildman–Crippen MR) is 75.7 cm³/mol. The molecule has 2 rings (SSSR count). The molecule has 1 N–H and O–H groups in total. The fourth-order valence-electron chi connectivity index (χ4n) is 1.70. The fraction of sp³-hybridized carbons (Fsp3) is 0.333. The van der Waals surface area contributed by atoms with Gasteiger partial charge in [0.2, 0.25) is 0 Å². The highest BCUT2D eigenvalue weighted by Crippen LogP contribution is 2.23. The molecule has 0 saturated heterocycles. The Bertz CT molecular complexity index is 590. The van der Waals surface area contributed by atoms with Crippen molar-refractivity contribution < 1.29 is 14.3 Å². The first-order valence-electron chi connectivity index (χ1n) is 6.47. The molecular formula is C15H18N2O3. The van der Waals surface area contributed by atoms with E-state index in [0.717, 1.165) is 17.0 Å². The molecule has 0 spiro atoms. The Labute approximate surface area is 117 Å². The highest BCUT2D eigenvalue weighted by atomic mass is 16.5. The van der Waals surface area contributed by atoms with Gasteiger partial charge in [-0.1, -0.05) is 26.0 Å². The highest BCUT2D eigenvalue weighted by Gasteiger charge is 2.11. The van der Waals surface area contributed by atoms with Crippen LogP contribution in [0.4, 0.5) is 0 Å². The summed E-state index contributed by atoms with van der Waals surface area (Å²) in [5.41, 5.74) is 1.92. The summed E-state index contributed by atoms with van der Waals surface area (Å²) >= 11 is 0. The molecule has 0 aliphatic rings. The van der Waals surface area contributed by atoms with Gasteiger partial charge >= 0.3 is 5.97 Å². The van der Waals surface area contributed by atoms with E-state index in [1.165, 1.54) is 7.11 Å². The quantitative estimate of drug-likeness (QED) is 0.851. The third-order valence-corrected chi connectivity index (χ3v) is 2.70. The molecule has 106 valence electrons. The molecule has 0 fully saturated rings. The van der Waals surface area contributed by atoms with Crippen LogP contribution in [0.3, 0.4) is 0 Å². The van der Waals surface area contributed by atoms with Crippen molar-refractivity contribution in [2.45, 2.75) is 13.8 Å². The molecule has 1 aromatic heterocycles. The number of nitrogens with one attached hydrogen (secondary N) is 1. The van der Waals surface area contributed by atoms with Gasteiger partial charge in [-0.3, -0.25) is 5.10 Å². The summed E-state index contributed by atoms with van der Waals surface area (Å²) in [6.45, 7) is 4.86. The minimum atomic E-state index is -0.459. The van der Waals surface area contributed by atoms with Crippen LogP contribution in [0.1, 0.15) is 24.3 Å². The van der Waals surface area contributed by atoms with Crippen LogP contribution in [-0.4, -0.2) is 29.9 Å². The van der Waals surface area contributed by atoms with Gasteiger partial charge in [0.15, 0.2) is 5.69 Å². The molecule has 0 radical (unpaired) electrons. The summed E-state index contributed by atoms with van der Waals surface area (Å²) in [6, 6.07) is 9.31. The van der Waals surface area contributed by atoms with E-state index in [1.807, 2.05) is 24.3 Å². The number of methoxy groups -OCH3 is 1. The molecule has 2 aromatic rings. The van der Waals surface area contributed by atoms with E-state index >= 15 is 0 Å². The van der Waals surface area contributed by atoms with Crippen LogP contribution in [0, 0.1) is 5.92 Å². The lowest BCUT2D eigenvalue weighted by atomic mass is 10.1. The third kappa shape index (κ3) is 3.38. The van der Waals surface area contributed by atoms with Gasteiger partial charge in [-0.15, -0.1) is 0 Å². The number of ether oxygens (including phenoxy) is 2.